The van der Waals surface area contributed by atoms with Gasteiger partial charge < -0.3 is 15.7 Å². The van der Waals surface area contributed by atoms with Crippen molar-refractivity contribution >= 4 is 28.3 Å². The number of hydrogen-bond donors (Lipinski definition) is 3. The number of hydrogen-bond acceptors (Lipinski definition) is 5. The molecule has 0 saturated heterocycles. The molecule has 0 aromatic carbocycles. The fourth-order valence-corrected chi connectivity index (χ4v) is 1.62. The van der Waals surface area contributed by atoms with Gasteiger partial charge >= 0.3 is 5.97 Å². The number of carbonyl (C=O) groups is 2. The Labute approximate surface area is 96.7 Å². The second-order valence-electron chi connectivity index (χ2n) is 3.05. The SMILES string of the molecule is CCCNC(=O)CNc1nc(C(=O)O)cs1. The molecule has 1 aromatic rings. The van der Waals surface area contributed by atoms with E-state index in [1.165, 1.54) is 5.38 Å². The Balaban J connectivity index is 2.36. The molecule has 0 atom stereocenters. The van der Waals surface area contributed by atoms with Gasteiger partial charge in [0.2, 0.25) is 5.91 Å². The molecule has 1 rings (SSSR count). The van der Waals surface area contributed by atoms with E-state index in [2.05, 4.69) is 15.6 Å². The summed E-state index contributed by atoms with van der Waals surface area (Å²) in [7, 11) is 0. The van der Waals surface area contributed by atoms with Gasteiger partial charge in [-0.2, -0.15) is 0 Å². The van der Waals surface area contributed by atoms with Gasteiger partial charge in [-0.1, -0.05) is 6.92 Å². The van der Waals surface area contributed by atoms with E-state index in [9.17, 15) is 9.59 Å². The van der Waals surface area contributed by atoms with Crippen LogP contribution in [0.5, 0.6) is 0 Å². The summed E-state index contributed by atoms with van der Waals surface area (Å²) in [5.41, 5.74) is -0.0125. The number of carboxylic acids is 1. The standard InChI is InChI=1S/C9H13N3O3S/c1-2-3-10-7(13)4-11-9-12-6(5-16-9)8(14)15/h5H,2-4H2,1H3,(H,10,13)(H,11,12)(H,14,15). The number of nitrogens with zero attached hydrogens (tertiary/aromatic N) is 1. The third-order valence-corrected chi connectivity index (χ3v) is 2.50. The molecule has 0 aliphatic heterocycles. The molecule has 0 bridgehead atoms. The van der Waals surface area contributed by atoms with E-state index in [0.29, 0.717) is 11.7 Å². The number of aromatic carboxylic acids is 1. The molecule has 1 amide bonds. The lowest BCUT2D eigenvalue weighted by Gasteiger charge is -2.03. The topological polar surface area (TPSA) is 91.3 Å². The Morgan fingerprint density at radius 3 is 2.88 bits per heavy atom. The average molecular weight is 243 g/mol. The molecule has 6 nitrogen and oxygen atoms in total. The van der Waals surface area contributed by atoms with Crippen molar-refractivity contribution in [3.8, 4) is 0 Å². The van der Waals surface area contributed by atoms with Crippen molar-refractivity contribution in [1.82, 2.24) is 10.3 Å². The van der Waals surface area contributed by atoms with Crippen molar-refractivity contribution < 1.29 is 14.7 Å². The van der Waals surface area contributed by atoms with E-state index in [0.717, 1.165) is 17.8 Å². The van der Waals surface area contributed by atoms with E-state index in [1.54, 1.807) is 0 Å². The Hall–Kier alpha value is -1.63. The van der Waals surface area contributed by atoms with Gasteiger partial charge in [0.25, 0.3) is 0 Å². The summed E-state index contributed by atoms with van der Waals surface area (Å²) >= 11 is 1.16. The van der Waals surface area contributed by atoms with Crippen molar-refractivity contribution in [3.05, 3.63) is 11.1 Å². The summed E-state index contributed by atoms with van der Waals surface area (Å²) in [6.45, 7) is 2.71. The highest BCUT2D eigenvalue weighted by Gasteiger charge is 2.08. The minimum Gasteiger partial charge on any atom is -0.476 e. The first-order valence-corrected chi connectivity index (χ1v) is 5.70. The number of thiazole rings is 1. The number of carboxylic acid groups (broad SMARTS) is 1. The van der Waals surface area contributed by atoms with E-state index >= 15 is 0 Å². The Morgan fingerprint density at radius 1 is 1.56 bits per heavy atom. The molecule has 0 saturated carbocycles. The maximum Gasteiger partial charge on any atom is 0.355 e. The van der Waals surface area contributed by atoms with Crippen molar-refractivity contribution in [2.45, 2.75) is 13.3 Å². The van der Waals surface area contributed by atoms with Gasteiger partial charge in [0.15, 0.2) is 10.8 Å². The minimum atomic E-state index is -1.07. The van der Waals surface area contributed by atoms with Crippen LogP contribution in [0.3, 0.4) is 0 Å². The largest absolute Gasteiger partial charge is 0.476 e. The third-order valence-electron chi connectivity index (χ3n) is 1.70. The zero-order chi connectivity index (χ0) is 12.0. The summed E-state index contributed by atoms with van der Waals surface area (Å²) in [5.74, 6) is -1.20. The van der Waals surface area contributed by atoms with Crippen LogP contribution in [0.1, 0.15) is 23.8 Å². The molecule has 7 heteroatoms. The van der Waals surface area contributed by atoms with E-state index in [-0.39, 0.29) is 18.1 Å². The van der Waals surface area contributed by atoms with Crippen LogP contribution in [0.25, 0.3) is 0 Å². The van der Waals surface area contributed by atoms with Crippen LogP contribution >= 0.6 is 11.3 Å². The molecule has 0 aliphatic carbocycles. The number of carbonyl (C=O) groups excluding carboxylic acids is 1. The molecule has 0 unspecified atom stereocenters. The second kappa shape index (κ2) is 6.06. The van der Waals surface area contributed by atoms with Gasteiger partial charge in [-0.25, -0.2) is 9.78 Å². The summed E-state index contributed by atoms with van der Waals surface area (Å²) < 4.78 is 0. The smallest absolute Gasteiger partial charge is 0.355 e. The first kappa shape index (κ1) is 12.4. The number of nitrogens with one attached hydrogen (secondary N) is 2. The second-order valence-corrected chi connectivity index (χ2v) is 3.90. The normalized spacial score (nSPS) is 9.81. The molecule has 0 spiro atoms. The lowest BCUT2D eigenvalue weighted by atomic mass is 10.4. The molecule has 0 radical (unpaired) electrons. The van der Waals surface area contributed by atoms with Crippen LogP contribution in [0, 0.1) is 0 Å². The maximum atomic E-state index is 11.2. The lowest BCUT2D eigenvalue weighted by molar-refractivity contribution is -0.119. The molecule has 0 fully saturated rings. The van der Waals surface area contributed by atoms with Crippen LogP contribution in [-0.2, 0) is 4.79 Å². The summed E-state index contributed by atoms with van der Waals surface area (Å²) in [6.07, 6.45) is 0.881. The minimum absolute atomic E-state index is 0.0125. The fourth-order valence-electron chi connectivity index (χ4n) is 0.936. The third kappa shape index (κ3) is 3.85. The van der Waals surface area contributed by atoms with Crippen molar-refractivity contribution in [2.24, 2.45) is 0 Å². The maximum absolute atomic E-state index is 11.2. The lowest BCUT2D eigenvalue weighted by Crippen LogP contribution is -2.30. The molecular formula is C9H13N3O3S. The highest BCUT2D eigenvalue weighted by atomic mass is 32.1. The molecule has 0 aliphatic rings. The Morgan fingerprint density at radius 2 is 2.31 bits per heavy atom. The van der Waals surface area contributed by atoms with Crippen molar-refractivity contribution in [2.75, 3.05) is 18.4 Å². The molecular weight excluding hydrogens is 230 g/mol. The van der Waals surface area contributed by atoms with Gasteiger partial charge in [0.05, 0.1) is 6.54 Å². The van der Waals surface area contributed by atoms with Crippen molar-refractivity contribution in [1.29, 1.82) is 0 Å². The van der Waals surface area contributed by atoms with Crippen molar-refractivity contribution in [3.63, 3.8) is 0 Å². The van der Waals surface area contributed by atoms with E-state index < -0.39 is 5.97 Å². The van der Waals surface area contributed by atoms with E-state index in [4.69, 9.17) is 5.11 Å². The molecule has 88 valence electrons. The molecule has 3 N–H and O–H groups in total. The van der Waals surface area contributed by atoms with Crippen LogP contribution in [0.4, 0.5) is 5.13 Å². The predicted molar refractivity (Wildman–Crippen MR) is 60.9 cm³/mol. The highest BCUT2D eigenvalue weighted by Crippen LogP contribution is 2.14. The van der Waals surface area contributed by atoms with Gasteiger partial charge in [-0.15, -0.1) is 11.3 Å². The van der Waals surface area contributed by atoms with Gasteiger partial charge in [0, 0.05) is 11.9 Å². The number of rotatable bonds is 6. The molecule has 16 heavy (non-hydrogen) atoms. The first-order valence-electron chi connectivity index (χ1n) is 4.83. The van der Waals surface area contributed by atoms with Gasteiger partial charge in [-0.05, 0) is 6.42 Å². The molecule has 1 heterocycles. The summed E-state index contributed by atoms with van der Waals surface area (Å²) in [6, 6.07) is 0. The highest BCUT2D eigenvalue weighted by molar-refractivity contribution is 7.13. The van der Waals surface area contributed by atoms with Crippen LogP contribution in [0.2, 0.25) is 0 Å². The number of aromatic nitrogens is 1. The average Bonchev–Trinajstić information content (AvgIpc) is 2.72. The number of amides is 1. The Kier molecular flexibility index (Phi) is 4.71. The monoisotopic (exact) mass is 243 g/mol. The fraction of sp³-hybridized carbons (Fsp3) is 0.444. The van der Waals surface area contributed by atoms with E-state index in [1.807, 2.05) is 6.92 Å². The van der Waals surface area contributed by atoms with Crippen LogP contribution in [0.15, 0.2) is 5.38 Å². The van der Waals surface area contributed by atoms with Crippen LogP contribution < -0.4 is 10.6 Å². The van der Waals surface area contributed by atoms with Crippen LogP contribution in [-0.4, -0.2) is 35.1 Å². The zero-order valence-corrected chi connectivity index (χ0v) is 9.63. The van der Waals surface area contributed by atoms with Gasteiger partial charge in [0.1, 0.15) is 0 Å². The predicted octanol–water partition coefficient (Wildman–Crippen LogP) is 0.779. The number of anilines is 1. The zero-order valence-electron chi connectivity index (χ0n) is 8.82. The molecule has 1 aromatic heterocycles. The first-order chi connectivity index (χ1) is 7.63. The quantitative estimate of drug-likeness (QED) is 0.686. The van der Waals surface area contributed by atoms with Gasteiger partial charge in [-0.3, -0.25) is 4.79 Å². The summed E-state index contributed by atoms with van der Waals surface area (Å²) in [4.78, 5) is 25.5. The Bertz CT molecular complexity index is 378. The summed E-state index contributed by atoms with van der Waals surface area (Å²) in [5, 5.41) is 15.9.